The molecule has 1 N–H and O–H groups in total. The van der Waals surface area contributed by atoms with Crippen molar-refractivity contribution in [2.45, 2.75) is 12.0 Å². The van der Waals surface area contributed by atoms with E-state index in [-0.39, 0.29) is 43.6 Å². The van der Waals surface area contributed by atoms with Crippen LogP contribution >= 0.6 is 20.8 Å². The van der Waals surface area contributed by atoms with E-state index in [1.165, 1.54) is 0 Å². The van der Waals surface area contributed by atoms with Crippen molar-refractivity contribution in [1.82, 2.24) is 5.32 Å². The Morgan fingerprint density at radius 2 is 2.36 bits per heavy atom. The van der Waals surface area contributed by atoms with E-state index in [4.69, 9.17) is 9.05 Å². The quantitative estimate of drug-likeness (QED) is 0.543. The molecule has 0 aliphatic carbocycles. The Hall–Kier alpha value is 1.66. The minimum Gasteiger partial charge on any atom is -0.340 e. The van der Waals surface area contributed by atoms with Crippen LogP contribution in [0.1, 0.15) is 6.92 Å². The molecule has 1 aliphatic heterocycles. The molecule has 1 aliphatic rings. The molecule has 0 amide bonds. The third-order valence-electron chi connectivity index (χ3n) is 1.25. The second-order valence-corrected chi connectivity index (χ2v) is 4.37. The van der Waals surface area contributed by atoms with Crippen LogP contribution in [0.25, 0.3) is 0 Å². The van der Waals surface area contributed by atoms with Crippen molar-refractivity contribution in [3.63, 3.8) is 0 Å². The van der Waals surface area contributed by atoms with Gasteiger partial charge in [-0.2, -0.15) is 0 Å². The molecule has 1 rings (SSSR count). The second-order valence-electron chi connectivity index (χ2n) is 2.11. The maximum atomic E-state index is 5.40. The van der Waals surface area contributed by atoms with Crippen molar-refractivity contribution in [2.75, 3.05) is 19.4 Å². The molecule has 2 unspecified atom stereocenters. The van der Waals surface area contributed by atoms with E-state index in [9.17, 15) is 0 Å². The zero-order chi connectivity index (χ0) is 7.45. The van der Waals surface area contributed by atoms with Gasteiger partial charge in [-0.05, 0) is 6.92 Å². The largest absolute Gasteiger partial charge is 0.340 e. The summed E-state index contributed by atoms with van der Waals surface area (Å²) < 4.78 is 10.2. The summed E-state index contributed by atoms with van der Waals surface area (Å²) in [4.78, 5) is 0. The molecule has 1 saturated heterocycles. The minimum absolute atomic E-state index is 0. The van der Waals surface area contributed by atoms with E-state index in [1.807, 2.05) is 6.92 Å². The summed E-state index contributed by atoms with van der Waals surface area (Å²) in [7, 11) is 1.78. The van der Waals surface area contributed by atoms with Crippen molar-refractivity contribution in [3.05, 3.63) is 0 Å². The molecule has 3 nitrogen and oxygen atoms in total. The Labute approximate surface area is 95.6 Å². The first-order valence-electron chi connectivity index (χ1n) is 3.12. The first kappa shape index (κ1) is 12.7. The Morgan fingerprint density at radius 1 is 1.64 bits per heavy atom. The molecule has 0 bridgehead atoms. The van der Waals surface area contributed by atoms with Gasteiger partial charge in [0.05, 0.1) is 0 Å². The average molecular weight is 204 g/mol. The summed E-state index contributed by atoms with van der Waals surface area (Å²) in [5.41, 5.74) is 0. The molecule has 1 radical (unpaired) electrons. The smallest absolute Gasteiger partial charge is 0.170 e. The Morgan fingerprint density at radius 3 is 2.82 bits per heavy atom. The van der Waals surface area contributed by atoms with E-state index >= 15 is 0 Å². The predicted molar refractivity (Wildman–Crippen MR) is 51.0 cm³/mol. The Bertz CT molecular complexity index is 113. The zero-order valence-corrected chi connectivity index (χ0v) is 11.0. The molecule has 6 heteroatoms. The molecule has 0 aromatic rings. The maximum Gasteiger partial charge on any atom is 0.170 e. The van der Waals surface area contributed by atoms with Crippen LogP contribution in [0, 0.1) is 0 Å². The predicted octanol–water partition coefficient (Wildman–Crippen LogP) is 0.787. The van der Waals surface area contributed by atoms with Gasteiger partial charge in [0.2, 0.25) is 0 Å². The van der Waals surface area contributed by atoms with Crippen LogP contribution in [0.4, 0.5) is 0 Å². The molecule has 0 saturated carbocycles. The second kappa shape index (κ2) is 6.17. The molecule has 0 aromatic heterocycles. The van der Waals surface area contributed by atoms with Gasteiger partial charge in [-0.15, -0.1) is 11.8 Å². The number of nitrogens with one attached hydrogen (secondary N) is 1. The van der Waals surface area contributed by atoms with Crippen molar-refractivity contribution in [1.29, 1.82) is 0 Å². The van der Waals surface area contributed by atoms with Crippen molar-refractivity contribution in [3.8, 4) is 0 Å². The first-order valence-corrected chi connectivity index (χ1v) is 4.92. The SMILES string of the molecule is COPOC1(C)NCCS1.[Na]. The summed E-state index contributed by atoms with van der Waals surface area (Å²) in [6.07, 6.45) is 0. The molecule has 11 heavy (non-hydrogen) atoms. The van der Waals surface area contributed by atoms with Gasteiger partial charge in [-0.3, -0.25) is 5.32 Å². The van der Waals surface area contributed by atoms with Gasteiger partial charge in [-0.1, -0.05) is 0 Å². The fraction of sp³-hybridized carbons (Fsp3) is 1.00. The van der Waals surface area contributed by atoms with Gasteiger partial charge in [0.1, 0.15) is 0 Å². The summed E-state index contributed by atoms with van der Waals surface area (Å²) in [5, 5.41) is 3.04. The molecule has 1 fully saturated rings. The fourth-order valence-electron chi connectivity index (χ4n) is 0.762. The summed E-state index contributed by atoms with van der Waals surface area (Å²) in [5.74, 6) is 1.12. The topological polar surface area (TPSA) is 30.5 Å². The Balaban J connectivity index is 0.000001000. The summed E-state index contributed by atoms with van der Waals surface area (Å²) in [6, 6.07) is 0. The molecule has 0 aromatic carbocycles. The summed E-state index contributed by atoms with van der Waals surface area (Å²) in [6.45, 7) is 3.05. The number of hydrogen-bond donors (Lipinski definition) is 1. The molecular formula is C5H12NNaO2PS. The minimum atomic E-state index is -0.200. The monoisotopic (exact) mass is 204 g/mol. The van der Waals surface area contributed by atoms with E-state index in [0.29, 0.717) is 0 Å². The standard InChI is InChI=1S/C5H12NO2PS.Na/c1-5(8-9-7-2)6-3-4-10-5;/h6,9H,3-4H2,1-2H3;. The molecule has 1 heterocycles. The molecule has 2 atom stereocenters. The fourth-order valence-corrected chi connectivity index (χ4v) is 2.21. The number of rotatable bonds is 3. The zero-order valence-electron chi connectivity index (χ0n) is 7.14. The van der Waals surface area contributed by atoms with Crippen LogP contribution in [0.2, 0.25) is 0 Å². The third-order valence-corrected chi connectivity index (χ3v) is 3.24. The van der Waals surface area contributed by atoms with Gasteiger partial charge in [0, 0.05) is 49.0 Å². The normalized spacial score (nSPS) is 31.1. The average Bonchev–Trinajstić information content (AvgIpc) is 2.33. The van der Waals surface area contributed by atoms with Crippen LogP contribution in [-0.2, 0) is 9.05 Å². The van der Waals surface area contributed by atoms with Crippen LogP contribution in [-0.4, -0.2) is 54.0 Å². The van der Waals surface area contributed by atoms with Gasteiger partial charge in [-0.25, -0.2) is 0 Å². The molecule has 0 spiro atoms. The van der Waals surface area contributed by atoms with Gasteiger partial charge in [0.15, 0.2) is 14.1 Å². The van der Waals surface area contributed by atoms with Gasteiger partial charge >= 0.3 is 0 Å². The molecule has 61 valence electrons. The molecular weight excluding hydrogens is 192 g/mol. The third kappa shape index (κ3) is 4.44. The van der Waals surface area contributed by atoms with Crippen molar-refractivity contribution >= 4 is 50.4 Å². The van der Waals surface area contributed by atoms with E-state index in [0.717, 1.165) is 12.3 Å². The van der Waals surface area contributed by atoms with Crippen molar-refractivity contribution in [2.24, 2.45) is 0 Å². The number of thioether (sulfide) groups is 1. The Kier molecular flexibility index (Phi) is 7.10. The van der Waals surface area contributed by atoms with Crippen LogP contribution < -0.4 is 5.32 Å². The van der Waals surface area contributed by atoms with Crippen LogP contribution in [0.3, 0.4) is 0 Å². The van der Waals surface area contributed by atoms with Crippen LogP contribution in [0.5, 0.6) is 0 Å². The first-order chi connectivity index (χ1) is 4.77. The van der Waals surface area contributed by atoms with Crippen LogP contribution in [0.15, 0.2) is 0 Å². The maximum absolute atomic E-state index is 5.40. The van der Waals surface area contributed by atoms with Gasteiger partial charge in [0.25, 0.3) is 0 Å². The van der Waals surface area contributed by atoms with Gasteiger partial charge < -0.3 is 9.05 Å². The van der Waals surface area contributed by atoms with E-state index < -0.39 is 0 Å². The van der Waals surface area contributed by atoms with E-state index in [2.05, 4.69) is 5.32 Å². The van der Waals surface area contributed by atoms with Crippen molar-refractivity contribution < 1.29 is 9.05 Å². The van der Waals surface area contributed by atoms with E-state index in [1.54, 1.807) is 18.9 Å². The summed E-state index contributed by atoms with van der Waals surface area (Å²) >= 11 is 1.78. The number of hydrogen-bond acceptors (Lipinski definition) is 4.